The van der Waals surface area contributed by atoms with Gasteiger partial charge in [0.15, 0.2) is 5.78 Å². The third-order valence-corrected chi connectivity index (χ3v) is 7.14. The molecule has 4 rings (SSSR count). The normalized spacial score (nSPS) is 11.0. The number of para-hydroxylation sites is 1. The third kappa shape index (κ3) is 6.02. The standard InChI is InChI=1S/C28H24N2O4S/c31-27(23-12-6-2-7-13-23)20-28(32)29-24-16-18-26(19-17-24)35(33,34)30(25-14-8-3-9-15-25)21-22-10-4-1-5-11-22/h1-19H,20-21H2,(H,29,32). The van der Waals surface area contributed by atoms with Gasteiger partial charge in [0.05, 0.1) is 23.5 Å². The Kier molecular flexibility index (Phi) is 7.38. The lowest BCUT2D eigenvalue weighted by Gasteiger charge is -2.25. The monoisotopic (exact) mass is 484 g/mol. The van der Waals surface area contributed by atoms with Gasteiger partial charge in [-0.05, 0) is 42.0 Å². The minimum absolute atomic E-state index is 0.0932. The van der Waals surface area contributed by atoms with Crippen molar-refractivity contribution in [3.05, 3.63) is 126 Å². The second-order valence-corrected chi connectivity index (χ2v) is 9.73. The predicted octanol–water partition coefficient (Wildman–Crippen LogP) is 5.29. The van der Waals surface area contributed by atoms with Crippen molar-refractivity contribution in [1.29, 1.82) is 0 Å². The second-order valence-electron chi connectivity index (χ2n) is 7.87. The van der Waals surface area contributed by atoms with E-state index in [9.17, 15) is 18.0 Å². The van der Waals surface area contributed by atoms with Crippen molar-refractivity contribution in [2.45, 2.75) is 17.9 Å². The molecule has 0 aliphatic heterocycles. The summed E-state index contributed by atoms with van der Waals surface area (Å²) in [6.45, 7) is 0.174. The molecule has 0 aliphatic carbocycles. The number of sulfonamides is 1. The van der Waals surface area contributed by atoms with E-state index < -0.39 is 15.9 Å². The molecule has 0 aliphatic rings. The minimum Gasteiger partial charge on any atom is -0.326 e. The Labute approximate surface area is 204 Å². The highest BCUT2D eigenvalue weighted by Crippen LogP contribution is 2.26. The Balaban J connectivity index is 1.51. The summed E-state index contributed by atoms with van der Waals surface area (Å²) in [6, 6.07) is 32.8. The molecule has 0 fully saturated rings. The highest BCUT2D eigenvalue weighted by atomic mass is 32.2. The molecule has 0 saturated carbocycles. The number of nitrogens with zero attached hydrogens (tertiary/aromatic N) is 1. The summed E-state index contributed by atoms with van der Waals surface area (Å²) in [5.41, 5.74) is 2.27. The maximum atomic E-state index is 13.6. The third-order valence-electron chi connectivity index (χ3n) is 5.36. The highest BCUT2D eigenvalue weighted by molar-refractivity contribution is 7.92. The van der Waals surface area contributed by atoms with Gasteiger partial charge in [-0.15, -0.1) is 0 Å². The van der Waals surface area contributed by atoms with E-state index in [1.807, 2.05) is 36.4 Å². The first-order chi connectivity index (χ1) is 16.9. The Bertz CT molecular complexity index is 1390. The highest BCUT2D eigenvalue weighted by Gasteiger charge is 2.25. The molecule has 35 heavy (non-hydrogen) atoms. The molecule has 176 valence electrons. The van der Waals surface area contributed by atoms with Crippen LogP contribution in [0, 0.1) is 0 Å². The number of hydrogen-bond donors (Lipinski definition) is 1. The van der Waals surface area contributed by atoms with E-state index >= 15 is 0 Å². The molecule has 1 amide bonds. The molecule has 0 saturated heterocycles. The van der Waals surface area contributed by atoms with Crippen molar-refractivity contribution in [2.75, 3.05) is 9.62 Å². The molecule has 7 heteroatoms. The maximum Gasteiger partial charge on any atom is 0.264 e. The number of anilines is 2. The predicted molar refractivity (Wildman–Crippen MR) is 137 cm³/mol. The van der Waals surface area contributed by atoms with Crippen LogP contribution in [0.5, 0.6) is 0 Å². The van der Waals surface area contributed by atoms with Crippen LogP contribution >= 0.6 is 0 Å². The maximum absolute atomic E-state index is 13.6. The van der Waals surface area contributed by atoms with Crippen molar-refractivity contribution >= 4 is 33.1 Å². The lowest BCUT2D eigenvalue weighted by molar-refractivity contribution is -0.115. The summed E-state index contributed by atoms with van der Waals surface area (Å²) in [7, 11) is -3.89. The van der Waals surface area contributed by atoms with E-state index in [2.05, 4.69) is 5.32 Å². The summed E-state index contributed by atoms with van der Waals surface area (Å²) < 4.78 is 28.5. The number of Topliss-reactive ketones (excluding diaryl/α,β-unsaturated/α-hetero) is 1. The molecule has 4 aromatic carbocycles. The molecular formula is C28H24N2O4S. The first-order valence-corrected chi connectivity index (χ1v) is 12.5. The second kappa shape index (κ2) is 10.8. The van der Waals surface area contributed by atoms with E-state index in [0.717, 1.165) is 5.56 Å². The van der Waals surface area contributed by atoms with E-state index in [1.54, 1.807) is 54.6 Å². The molecule has 6 nitrogen and oxygen atoms in total. The van der Waals surface area contributed by atoms with E-state index in [-0.39, 0.29) is 23.6 Å². The molecule has 0 heterocycles. The van der Waals surface area contributed by atoms with E-state index in [1.165, 1.54) is 28.6 Å². The zero-order chi connectivity index (χ0) is 24.7. The summed E-state index contributed by atoms with van der Waals surface area (Å²) in [6.07, 6.45) is -0.303. The first kappa shape index (κ1) is 23.9. The van der Waals surface area contributed by atoms with Crippen molar-refractivity contribution in [1.82, 2.24) is 0 Å². The Morgan fingerprint density at radius 1 is 0.686 bits per heavy atom. The van der Waals surface area contributed by atoms with Crippen LogP contribution in [0.3, 0.4) is 0 Å². The molecule has 0 unspecified atom stereocenters. The largest absolute Gasteiger partial charge is 0.326 e. The molecule has 4 aromatic rings. The number of carbonyl (C=O) groups is 2. The van der Waals surface area contributed by atoms with Crippen LogP contribution in [0.4, 0.5) is 11.4 Å². The van der Waals surface area contributed by atoms with Crippen LogP contribution in [0.15, 0.2) is 120 Å². The Morgan fingerprint density at radius 2 is 1.23 bits per heavy atom. The fraction of sp³-hybridized carbons (Fsp3) is 0.0714. The number of carbonyl (C=O) groups excluding carboxylic acids is 2. The van der Waals surface area contributed by atoms with Gasteiger partial charge in [-0.3, -0.25) is 13.9 Å². The van der Waals surface area contributed by atoms with Gasteiger partial charge >= 0.3 is 0 Å². The van der Waals surface area contributed by atoms with Crippen molar-refractivity contribution < 1.29 is 18.0 Å². The summed E-state index contributed by atoms with van der Waals surface area (Å²) in [5, 5.41) is 2.65. The molecule has 0 spiro atoms. The average Bonchev–Trinajstić information content (AvgIpc) is 2.89. The van der Waals surface area contributed by atoms with Gasteiger partial charge in [0, 0.05) is 11.3 Å². The van der Waals surface area contributed by atoms with Gasteiger partial charge in [0.1, 0.15) is 0 Å². The molecule has 0 atom stereocenters. The zero-order valence-electron chi connectivity index (χ0n) is 18.9. The van der Waals surface area contributed by atoms with Crippen LogP contribution in [-0.2, 0) is 21.4 Å². The smallest absolute Gasteiger partial charge is 0.264 e. The lowest BCUT2D eigenvalue weighted by Crippen LogP contribution is -2.30. The van der Waals surface area contributed by atoms with Gasteiger partial charge in [0.25, 0.3) is 10.0 Å². The van der Waals surface area contributed by atoms with Crippen molar-refractivity contribution in [3.63, 3.8) is 0 Å². The van der Waals surface area contributed by atoms with E-state index in [4.69, 9.17) is 0 Å². The van der Waals surface area contributed by atoms with Gasteiger partial charge in [-0.25, -0.2) is 8.42 Å². The number of rotatable bonds is 9. The fourth-order valence-electron chi connectivity index (χ4n) is 3.57. The van der Waals surface area contributed by atoms with Gasteiger partial charge < -0.3 is 5.32 Å². The number of hydrogen-bond acceptors (Lipinski definition) is 4. The van der Waals surface area contributed by atoms with Crippen LogP contribution in [-0.4, -0.2) is 20.1 Å². The van der Waals surface area contributed by atoms with Gasteiger partial charge in [-0.1, -0.05) is 78.9 Å². The lowest BCUT2D eigenvalue weighted by atomic mass is 10.1. The zero-order valence-corrected chi connectivity index (χ0v) is 19.7. The SMILES string of the molecule is O=C(CC(=O)c1ccccc1)Nc1ccc(S(=O)(=O)N(Cc2ccccc2)c2ccccc2)cc1. The van der Waals surface area contributed by atoms with Crippen LogP contribution < -0.4 is 9.62 Å². The van der Waals surface area contributed by atoms with Crippen LogP contribution in [0.2, 0.25) is 0 Å². The van der Waals surface area contributed by atoms with Crippen molar-refractivity contribution in [2.24, 2.45) is 0 Å². The average molecular weight is 485 g/mol. The first-order valence-electron chi connectivity index (χ1n) is 11.0. The number of benzene rings is 4. The molecule has 0 bridgehead atoms. The number of nitrogens with one attached hydrogen (secondary N) is 1. The van der Waals surface area contributed by atoms with Gasteiger partial charge in [-0.2, -0.15) is 0 Å². The quantitative estimate of drug-likeness (QED) is 0.258. The van der Waals surface area contributed by atoms with Gasteiger partial charge in [0.2, 0.25) is 5.91 Å². The van der Waals surface area contributed by atoms with Crippen molar-refractivity contribution in [3.8, 4) is 0 Å². The topological polar surface area (TPSA) is 83.5 Å². The molecule has 0 radical (unpaired) electrons. The minimum atomic E-state index is -3.89. The summed E-state index contributed by atoms with van der Waals surface area (Å²) >= 11 is 0. The van der Waals surface area contributed by atoms with Crippen LogP contribution in [0.1, 0.15) is 22.3 Å². The Morgan fingerprint density at radius 3 is 1.83 bits per heavy atom. The Hall–Kier alpha value is -4.23. The summed E-state index contributed by atoms with van der Waals surface area (Å²) in [5.74, 6) is -0.758. The number of amides is 1. The molecule has 1 N–H and O–H groups in total. The molecular weight excluding hydrogens is 460 g/mol. The van der Waals surface area contributed by atoms with Crippen LogP contribution in [0.25, 0.3) is 0 Å². The fourth-order valence-corrected chi connectivity index (χ4v) is 5.03. The van der Waals surface area contributed by atoms with E-state index in [0.29, 0.717) is 16.9 Å². The summed E-state index contributed by atoms with van der Waals surface area (Å²) in [4.78, 5) is 24.7. The number of ketones is 1. The molecule has 0 aromatic heterocycles.